The number of hydrogen-bond acceptors (Lipinski definition) is 2. The second-order valence-electron chi connectivity index (χ2n) is 5.01. The fourth-order valence-corrected chi connectivity index (χ4v) is 2.86. The van der Waals surface area contributed by atoms with E-state index in [1.54, 1.807) is 11.1 Å². The maximum absolute atomic E-state index is 12.2. The SMILES string of the molecule is CN(C(=O)C1CC2CC2C1)c1ccccn1. The molecule has 2 atom stereocenters. The molecule has 1 amide bonds. The van der Waals surface area contributed by atoms with E-state index in [1.165, 1.54) is 6.42 Å². The number of pyridine rings is 1. The zero-order valence-corrected chi connectivity index (χ0v) is 9.47. The summed E-state index contributed by atoms with van der Waals surface area (Å²) in [7, 11) is 1.83. The first-order valence-electron chi connectivity index (χ1n) is 5.94. The summed E-state index contributed by atoms with van der Waals surface area (Å²) in [6, 6.07) is 5.67. The molecule has 3 rings (SSSR count). The first-order valence-corrected chi connectivity index (χ1v) is 5.94. The molecule has 2 unspecified atom stereocenters. The highest BCUT2D eigenvalue weighted by molar-refractivity contribution is 5.93. The highest BCUT2D eigenvalue weighted by atomic mass is 16.2. The molecule has 2 saturated carbocycles. The van der Waals surface area contributed by atoms with Crippen molar-refractivity contribution >= 4 is 11.7 Å². The minimum absolute atomic E-state index is 0.242. The molecule has 84 valence electrons. The van der Waals surface area contributed by atoms with Crippen LogP contribution in [0.5, 0.6) is 0 Å². The van der Waals surface area contributed by atoms with Crippen molar-refractivity contribution in [3.63, 3.8) is 0 Å². The molecular formula is C13H16N2O. The quantitative estimate of drug-likeness (QED) is 0.758. The zero-order chi connectivity index (χ0) is 11.1. The van der Waals surface area contributed by atoms with Crippen molar-refractivity contribution < 1.29 is 4.79 Å². The van der Waals surface area contributed by atoms with Crippen LogP contribution in [0.3, 0.4) is 0 Å². The van der Waals surface area contributed by atoms with E-state index in [0.29, 0.717) is 0 Å². The van der Waals surface area contributed by atoms with E-state index in [-0.39, 0.29) is 11.8 Å². The van der Waals surface area contributed by atoms with Gasteiger partial charge in [0.15, 0.2) is 0 Å². The molecule has 0 N–H and O–H groups in total. The molecule has 0 radical (unpaired) electrons. The number of fused-ring (bicyclic) bond motifs is 1. The fraction of sp³-hybridized carbons (Fsp3) is 0.538. The average molecular weight is 216 g/mol. The smallest absolute Gasteiger partial charge is 0.231 e. The van der Waals surface area contributed by atoms with Gasteiger partial charge in [0.2, 0.25) is 5.91 Å². The van der Waals surface area contributed by atoms with Gasteiger partial charge in [0.1, 0.15) is 5.82 Å². The minimum atomic E-state index is 0.242. The fourth-order valence-electron chi connectivity index (χ4n) is 2.86. The maximum atomic E-state index is 12.2. The van der Waals surface area contributed by atoms with Gasteiger partial charge in [0.05, 0.1) is 0 Å². The van der Waals surface area contributed by atoms with E-state index in [4.69, 9.17) is 0 Å². The number of carbonyl (C=O) groups is 1. The molecule has 0 aliphatic heterocycles. The van der Waals surface area contributed by atoms with Crippen LogP contribution in [0, 0.1) is 17.8 Å². The van der Waals surface area contributed by atoms with Crippen LogP contribution in [-0.4, -0.2) is 17.9 Å². The molecule has 1 aromatic heterocycles. The number of carbonyl (C=O) groups excluding carboxylic acids is 1. The summed E-state index contributed by atoms with van der Waals surface area (Å²) in [4.78, 5) is 18.1. The highest BCUT2D eigenvalue weighted by Gasteiger charge is 2.48. The molecule has 1 aromatic rings. The predicted octanol–water partition coefficient (Wildman–Crippen LogP) is 2.09. The van der Waals surface area contributed by atoms with Crippen LogP contribution in [0.25, 0.3) is 0 Å². The number of amides is 1. The van der Waals surface area contributed by atoms with E-state index < -0.39 is 0 Å². The van der Waals surface area contributed by atoms with Crippen LogP contribution in [-0.2, 0) is 4.79 Å². The largest absolute Gasteiger partial charge is 0.300 e. The van der Waals surface area contributed by atoms with E-state index >= 15 is 0 Å². The molecule has 2 aliphatic carbocycles. The summed E-state index contributed by atoms with van der Waals surface area (Å²) in [5, 5.41) is 0. The third-order valence-corrected chi connectivity index (χ3v) is 3.92. The Hall–Kier alpha value is -1.38. The van der Waals surface area contributed by atoms with Crippen LogP contribution in [0.15, 0.2) is 24.4 Å². The van der Waals surface area contributed by atoms with Crippen molar-refractivity contribution in [2.45, 2.75) is 19.3 Å². The van der Waals surface area contributed by atoms with Crippen molar-refractivity contribution in [3.05, 3.63) is 24.4 Å². The number of nitrogens with zero attached hydrogens (tertiary/aromatic N) is 2. The number of rotatable bonds is 2. The van der Waals surface area contributed by atoms with Gasteiger partial charge in [-0.1, -0.05) is 6.07 Å². The van der Waals surface area contributed by atoms with Gasteiger partial charge in [-0.15, -0.1) is 0 Å². The number of aromatic nitrogens is 1. The second-order valence-corrected chi connectivity index (χ2v) is 5.01. The average Bonchev–Trinajstić information content (AvgIpc) is 2.95. The third-order valence-electron chi connectivity index (χ3n) is 3.92. The van der Waals surface area contributed by atoms with Gasteiger partial charge in [0, 0.05) is 19.2 Å². The molecule has 16 heavy (non-hydrogen) atoms. The first kappa shape index (κ1) is 9.82. The zero-order valence-electron chi connectivity index (χ0n) is 9.47. The van der Waals surface area contributed by atoms with Gasteiger partial charge in [-0.05, 0) is 43.2 Å². The van der Waals surface area contributed by atoms with Gasteiger partial charge in [-0.2, -0.15) is 0 Å². The topological polar surface area (TPSA) is 33.2 Å². The van der Waals surface area contributed by atoms with Crippen LogP contribution in [0.2, 0.25) is 0 Å². The summed E-state index contributed by atoms with van der Waals surface area (Å²) in [6.07, 6.45) is 5.28. The molecule has 3 nitrogen and oxygen atoms in total. The summed E-state index contributed by atoms with van der Waals surface area (Å²) in [5.41, 5.74) is 0. The van der Waals surface area contributed by atoms with Crippen LogP contribution in [0.4, 0.5) is 5.82 Å². The Morgan fingerprint density at radius 3 is 2.69 bits per heavy atom. The normalized spacial score (nSPS) is 30.9. The lowest BCUT2D eigenvalue weighted by atomic mass is 10.0. The summed E-state index contributed by atoms with van der Waals surface area (Å²) >= 11 is 0. The summed E-state index contributed by atoms with van der Waals surface area (Å²) in [5.74, 6) is 2.95. The lowest BCUT2D eigenvalue weighted by Gasteiger charge is -2.20. The third kappa shape index (κ3) is 1.60. The van der Waals surface area contributed by atoms with Crippen LogP contribution in [0.1, 0.15) is 19.3 Å². The first-order chi connectivity index (χ1) is 7.75. The van der Waals surface area contributed by atoms with E-state index in [2.05, 4.69) is 4.98 Å². The molecule has 2 aliphatic rings. The molecular weight excluding hydrogens is 200 g/mol. The Balaban J connectivity index is 1.70. The minimum Gasteiger partial charge on any atom is -0.300 e. The van der Waals surface area contributed by atoms with Crippen molar-refractivity contribution in [2.75, 3.05) is 11.9 Å². The van der Waals surface area contributed by atoms with Crippen molar-refractivity contribution in [3.8, 4) is 0 Å². The number of anilines is 1. The summed E-state index contributed by atoms with van der Waals surface area (Å²) in [6.45, 7) is 0. The Kier molecular flexibility index (Phi) is 2.20. The summed E-state index contributed by atoms with van der Waals surface area (Å²) < 4.78 is 0. The van der Waals surface area contributed by atoms with Gasteiger partial charge in [-0.25, -0.2) is 4.98 Å². The standard InChI is InChI=1S/C13H16N2O/c1-15(12-4-2-3-5-14-12)13(16)11-7-9-6-10(9)8-11/h2-5,9-11H,6-8H2,1H3. The van der Waals surface area contributed by atoms with E-state index in [1.807, 2.05) is 25.2 Å². The molecule has 1 heterocycles. The molecule has 0 saturated heterocycles. The Bertz CT molecular complexity index is 394. The Morgan fingerprint density at radius 1 is 1.31 bits per heavy atom. The van der Waals surface area contributed by atoms with Gasteiger partial charge >= 0.3 is 0 Å². The monoisotopic (exact) mass is 216 g/mol. The highest BCUT2D eigenvalue weighted by Crippen LogP contribution is 2.54. The second kappa shape index (κ2) is 3.58. The maximum Gasteiger partial charge on any atom is 0.231 e. The molecule has 0 aromatic carbocycles. The van der Waals surface area contributed by atoms with Gasteiger partial charge in [0.25, 0.3) is 0 Å². The lowest BCUT2D eigenvalue weighted by molar-refractivity contribution is -0.122. The van der Waals surface area contributed by atoms with Gasteiger partial charge < -0.3 is 0 Å². The van der Waals surface area contributed by atoms with E-state index in [0.717, 1.165) is 30.5 Å². The van der Waals surface area contributed by atoms with Crippen molar-refractivity contribution in [2.24, 2.45) is 17.8 Å². The molecule has 0 spiro atoms. The van der Waals surface area contributed by atoms with Crippen molar-refractivity contribution in [1.29, 1.82) is 0 Å². The molecule has 0 bridgehead atoms. The number of hydrogen-bond donors (Lipinski definition) is 0. The van der Waals surface area contributed by atoms with Crippen LogP contribution >= 0.6 is 0 Å². The molecule has 2 fully saturated rings. The van der Waals surface area contributed by atoms with Crippen molar-refractivity contribution in [1.82, 2.24) is 4.98 Å². The Morgan fingerprint density at radius 2 is 2.06 bits per heavy atom. The molecule has 3 heteroatoms. The lowest BCUT2D eigenvalue weighted by Crippen LogP contribution is -2.32. The van der Waals surface area contributed by atoms with E-state index in [9.17, 15) is 4.79 Å². The van der Waals surface area contributed by atoms with Crippen LogP contribution < -0.4 is 4.90 Å². The predicted molar refractivity (Wildman–Crippen MR) is 62.0 cm³/mol. The Labute approximate surface area is 95.5 Å². The van der Waals surface area contributed by atoms with Gasteiger partial charge in [-0.3, -0.25) is 9.69 Å².